The number of rotatable bonds is 5. The van der Waals surface area contributed by atoms with Gasteiger partial charge in [0.1, 0.15) is 17.8 Å². The van der Waals surface area contributed by atoms with Crippen molar-refractivity contribution in [3.8, 4) is 5.69 Å². The van der Waals surface area contributed by atoms with Crippen LogP contribution in [-0.2, 0) is 9.59 Å². The van der Waals surface area contributed by atoms with Gasteiger partial charge in [-0.2, -0.15) is 5.10 Å². The van der Waals surface area contributed by atoms with Crippen LogP contribution >= 0.6 is 0 Å². The van der Waals surface area contributed by atoms with Crippen molar-refractivity contribution in [1.82, 2.24) is 15.1 Å². The molecule has 2 fully saturated rings. The van der Waals surface area contributed by atoms with Crippen molar-refractivity contribution in [2.45, 2.75) is 31.1 Å². The maximum atomic E-state index is 13.7. The van der Waals surface area contributed by atoms with Crippen LogP contribution in [0.25, 0.3) is 16.6 Å². The summed E-state index contributed by atoms with van der Waals surface area (Å²) in [5.41, 5.74) is 2.70. The minimum absolute atomic E-state index is 0.0321. The van der Waals surface area contributed by atoms with Gasteiger partial charge < -0.3 is 10.2 Å². The molecule has 2 heterocycles. The predicted molar refractivity (Wildman–Crippen MR) is 127 cm³/mol. The summed E-state index contributed by atoms with van der Waals surface area (Å²) >= 11 is 0. The zero-order chi connectivity index (χ0) is 25.0. The molecule has 1 aliphatic heterocycles. The first-order valence-electron chi connectivity index (χ1n) is 11.6. The fourth-order valence-electron chi connectivity index (χ4n) is 4.89. The second-order valence-electron chi connectivity index (χ2n) is 9.21. The average molecular weight is 490 g/mol. The summed E-state index contributed by atoms with van der Waals surface area (Å²) in [5, 5.41) is 8.02. The highest BCUT2D eigenvalue weighted by atomic mass is 19.1. The van der Waals surface area contributed by atoms with Crippen molar-refractivity contribution in [3.63, 3.8) is 0 Å². The molecule has 0 radical (unpaired) electrons. The predicted octanol–water partition coefficient (Wildman–Crippen LogP) is 4.62. The molecule has 36 heavy (non-hydrogen) atoms. The van der Waals surface area contributed by atoms with Gasteiger partial charge in [0, 0.05) is 17.5 Å². The highest BCUT2D eigenvalue weighted by molar-refractivity contribution is 6.00. The zero-order valence-electron chi connectivity index (χ0n) is 18.9. The summed E-state index contributed by atoms with van der Waals surface area (Å²) in [5.74, 6) is -2.07. The number of carbonyl (C=O) groups is 2. The van der Waals surface area contributed by atoms with Crippen LogP contribution in [0.1, 0.15) is 24.4 Å². The molecule has 6 rings (SSSR count). The summed E-state index contributed by atoms with van der Waals surface area (Å²) in [6, 6.07) is 16.0. The summed E-state index contributed by atoms with van der Waals surface area (Å²) in [6.07, 6.45) is 0.724. The van der Waals surface area contributed by atoms with Crippen molar-refractivity contribution < 1.29 is 22.8 Å². The minimum atomic E-state index is -1.15. The second kappa shape index (κ2) is 8.51. The molecule has 4 aromatic rings. The number of hydrogen-bond donors (Lipinski definition) is 1. The van der Waals surface area contributed by atoms with E-state index in [1.54, 1.807) is 46.1 Å². The molecule has 2 amide bonds. The molecule has 2 aliphatic rings. The van der Waals surface area contributed by atoms with Gasteiger partial charge in [0.05, 0.1) is 35.4 Å². The van der Waals surface area contributed by atoms with Gasteiger partial charge in [-0.25, -0.2) is 17.9 Å². The highest BCUT2D eigenvalue weighted by Crippen LogP contribution is 2.40. The Hall–Kier alpha value is -4.14. The van der Waals surface area contributed by atoms with Gasteiger partial charge in [-0.15, -0.1) is 0 Å². The molecule has 3 aromatic carbocycles. The van der Waals surface area contributed by atoms with Crippen LogP contribution in [0.5, 0.6) is 0 Å². The van der Waals surface area contributed by atoms with Gasteiger partial charge in [-0.1, -0.05) is 12.1 Å². The molecule has 1 aliphatic carbocycles. The zero-order valence-corrected chi connectivity index (χ0v) is 18.9. The maximum Gasteiger partial charge on any atom is 0.229 e. The molecular weight excluding hydrogens is 469 g/mol. The highest BCUT2D eigenvalue weighted by Gasteiger charge is 2.48. The normalized spacial score (nSPS) is 23.3. The fraction of sp³-hybridized carbons (Fsp3) is 0.222. The van der Waals surface area contributed by atoms with Gasteiger partial charge in [0.15, 0.2) is 0 Å². The van der Waals surface area contributed by atoms with E-state index >= 15 is 0 Å². The van der Waals surface area contributed by atoms with E-state index in [2.05, 4.69) is 10.4 Å². The van der Waals surface area contributed by atoms with Crippen LogP contribution in [0.3, 0.4) is 0 Å². The number of hydrogen-bond acceptors (Lipinski definition) is 3. The Balaban J connectivity index is 1.37. The first-order chi connectivity index (χ1) is 17.4. The number of fused-ring (bicyclic) bond motifs is 1. The first-order valence-corrected chi connectivity index (χ1v) is 11.6. The summed E-state index contributed by atoms with van der Waals surface area (Å²) in [6.45, 7) is 0. The van der Waals surface area contributed by atoms with E-state index in [4.69, 9.17) is 0 Å². The van der Waals surface area contributed by atoms with E-state index in [0.29, 0.717) is 16.9 Å². The Morgan fingerprint density at radius 3 is 2.25 bits per heavy atom. The number of alkyl halides is 1. The number of nitrogens with zero attached hydrogens (tertiary/aromatic N) is 3. The lowest BCUT2D eigenvalue weighted by molar-refractivity contribution is -0.123. The average Bonchev–Trinajstić information content (AvgIpc) is 3.32. The van der Waals surface area contributed by atoms with Gasteiger partial charge in [0.2, 0.25) is 11.8 Å². The molecular formula is C27H21F3N4O2. The molecule has 4 atom stereocenters. The molecule has 9 heteroatoms. The Bertz CT molecular complexity index is 1470. The Morgan fingerprint density at radius 1 is 0.944 bits per heavy atom. The second-order valence-corrected chi connectivity index (χ2v) is 9.21. The minimum Gasteiger partial charge on any atom is -0.350 e. The largest absolute Gasteiger partial charge is 0.350 e. The molecule has 1 aromatic heterocycles. The van der Waals surface area contributed by atoms with Crippen molar-refractivity contribution in [3.05, 3.63) is 90.1 Å². The van der Waals surface area contributed by atoms with E-state index in [0.717, 1.165) is 10.9 Å². The molecule has 1 unspecified atom stereocenters. The van der Waals surface area contributed by atoms with Crippen LogP contribution in [0.15, 0.2) is 72.9 Å². The quantitative estimate of drug-likeness (QED) is 0.444. The van der Waals surface area contributed by atoms with Crippen molar-refractivity contribution in [2.24, 2.45) is 5.92 Å². The molecule has 1 saturated carbocycles. The number of aromatic nitrogens is 2. The monoisotopic (exact) mass is 490 g/mol. The van der Waals surface area contributed by atoms with E-state index < -0.39 is 35.9 Å². The third kappa shape index (κ3) is 3.90. The fourth-order valence-corrected chi connectivity index (χ4v) is 4.89. The standard InChI is InChI=1S/C27H21F3N4O2/c28-17-3-1-15(2-4-17)26-23(32-27(36)21-12-22(21)30)13-25(35)33(26)20-9-10-24-16(11-20)14-31-34(24)19-7-5-18(29)6-8-19/h1-11,14,21-23,26H,12-13H2,(H,32,36)/t21-,22+,23?,26+/m1/s1. The van der Waals surface area contributed by atoms with E-state index in [-0.39, 0.29) is 24.6 Å². The lowest BCUT2D eigenvalue weighted by Crippen LogP contribution is -2.41. The lowest BCUT2D eigenvalue weighted by Gasteiger charge is -2.29. The molecule has 6 nitrogen and oxygen atoms in total. The smallest absolute Gasteiger partial charge is 0.229 e. The van der Waals surface area contributed by atoms with Gasteiger partial charge >= 0.3 is 0 Å². The Labute approximate surface area is 204 Å². The SMILES string of the molecule is O=C(NC1CC(=O)N(c2ccc3c(cnn3-c3ccc(F)cc3)c2)[C@H]1c1ccc(F)cc1)[C@@H]1C[C@@H]1F. The molecule has 1 saturated heterocycles. The van der Waals surface area contributed by atoms with Crippen molar-refractivity contribution in [2.75, 3.05) is 4.90 Å². The van der Waals surface area contributed by atoms with E-state index in [1.807, 2.05) is 12.1 Å². The third-order valence-electron chi connectivity index (χ3n) is 6.81. The van der Waals surface area contributed by atoms with Crippen LogP contribution in [0, 0.1) is 17.6 Å². The summed E-state index contributed by atoms with van der Waals surface area (Å²) in [7, 11) is 0. The lowest BCUT2D eigenvalue weighted by atomic mass is 9.99. The number of halogens is 3. The Morgan fingerprint density at radius 2 is 1.58 bits per heavy atom. The van der Waals surface area contributed by atoms with Crippen LogP contribution < -0.4 is 10.2 Å². The van der Waals surface area contributed by atoms with Crippen molar-refractivity contribution in [1.29, 1.82) is 0 Å². The summed E-state index contributed by atoms with van der Waals surface area (Å²) < 4.78 is 42.1. The molecule has 182 valence electrons. The summed E-state index contributed by atoms with van der Waals surface area (Å²) in [4.78, 5) is 27.3. The van der Waals surface area contributed by atoms with Crippen molar-refractivity contribution >= 4 is 28.4 Å². The number of amides is 2. The van der Waals surface area contributed by atoms with E-state index in [9.17, 15) is 22.8 Å². The molecule has 0 bridgehead atoms. The number of benzene rings is 3. The number of anilines is 1. The van der Waals surface area contributed by atoms with Crippen LogP contribution in [0.2, 0.25) is 0 Å². The van der Waals surface area contributed by atoms with E-state index in [1.165, 1.54) is 24.3 Å². The topological polar surface area (TPSA) is 67.2 Å². The van der Waals surface area contributed by atoms with Gasteiger partial charge in [0.25, 0.3) is 0 Å². The maximum absolute atomic E-state index is 13.7. The van der Waals surface area contributed by atoms with Crippen LogP contribution in [0.4, 0.5) is 18.9 Å². The number of nitrogens with one attached hydrogen (secondary N) is 1. The van der Waals surface area contributed by atoms with Crippen LogP contribution in [-0.4, -0.2) is 33.8 Å². The third-order valence-corrected chi connectivity index (χ3v) is 6.81. The molecule has 1 N–H and O–H groups in total. The first kappa shape index (κ1) is 22.3. The Kier molecular flexibility index (Phi) is 5.28. The van der Waals surface area contributed by atoms with Gasteiger partial charge in [-0.05, 0) is 66.6 Å². The molecule has 0 spiro atoms. The van der Waals surface area contributed by atoms with Gasteiger partial charge in [-0.3, -0.25) is 9.59 Å². The number of carbonyl (C=O) groups excluding carboxylic acids is 2.